The number of nitrogens with two attached hydrogens (primary N) is 1. The van der Waals surface area contributed by atoms with Gasteiger partial charge in [-0.05, 0) is 25.1 Å². The van der Waals surface area contributed by atoms with Crippen LogP contribution < -0.4 is 21.1 Å². The molecule has 4 N–H and O–H groups in total. The number of nitrogens with zero attached hydrogens (tertiary/aromatic N) is 2. The fourth-order valence-corrected chi connectivity index (χ4v) is 2.97. The van der Waals surface area contributed by atoms with Crippen molar-refractivity contribution in [3.05, 3.63) is 41.5 Å². The third-order valence-corrected chi connectivity index (χ3v) is 4.68. The number of hydrogen-bond acceptors (Lipinski definition) is 6. The number of aromatic nitrogens is 1. The monoisotopic (exact) mass is 459 g/mol. The summed E-state index contributed by atoms with van der Waals surface area (Å²) in [5.74, 6) is -1.25. The van der Waals surface area contributed by atoms with Crippen molar-refractivity contribution in [2.75, 3.05) is 18.5 Å². The lowest BCUT2D eigenvalue weighted by Crippen LogP contribution is -2.49. The Labute approximate surface area is 181 Å². The molecule has 1 amide bonds. The Hall–Kier alpha value is -2.75. The van der Waals surface area contributed by atoms with Gasteiger partial charge in [-0.15, -0.1) is 12.6 Å². The Bertz CT molecular complexity index is 987. The predicted octanol–water partition coefficient (Wildman–Crippen LogP) is 2.82. The lowest BCUT2D eigenvalue weighted by Gasteiger charge is -2.22. The molecule has 0 saturated heterocycles. The first-order chi connectivity index (χ1) is 14.4. The van der Waals surface area contributed by atoms with Gasteiger partial charge >= 0.3 is 6.18 Å². The van der Waals surface area contributed by atoms with E-state index in [1.54, 1.807) is 13.1 Å². The number of carbonyl (C=O) groups is 1. The number of ether oxygens (including phenoxy) is 1. The van der Waals surface area contributed by atoms with Crippen molar-refractivity contribution in [2.45, 2.75) is 30.1 Å². The Morgan fingerprint density at radius 1 is 1.42 bits per heavy atom. The van der Waals surface area contributed by atoms with Crippen LogP contribution in [0.15, 0.2) is 29.3 Å². The summed E-state index contributed by atoms with van der Waals surface area (Å²) in [6.45, 7) is 0.112. The van der Waals surface area contributed by atoms with Gasteiger partial charge in [-0.3, -0.25) is 4.79 Å². The van der Waals surface area contributed by atoms with Crippen LogP contribution in [-0.2, 0) is 7.05 Å². The number of amides is 1. The Kier molecular flexibility index (Phi) is 7.94. The first-order valence-corrected chi connectivity index (χ1v) is 9.45. The maximum atomic E-state index is 13.5. The standard InChI is InChI=1S/C19H21F4N5O2S/c1-10(26-9-19(21,22)23)14(25)8-30-17-15(31)7-28(2)16(17)18(29)27-12-3-4-13(20)11(5-12)6-24/h3-5,7,10,14,26,31H,8-9,25H2,1-2H3,(H,27,29). The van der Waals surface area contributed by atoms with E-state index in [-0.39, 0.29) is 29.3 Å². The molecule has 1 aromatic carbocycles. The Morgan fingerprint density at radius 3 is 2.71 bits per heavy atom. The van der Waals surface area contributed by atoms with Crippen molar-refractivity contribution in [2.24, 2.45) is 12.8 Å². The van der Waals surface area contributed by atoms with Gasteiger partial charge in [-0.25, -0.2) is 4.39 Å². The zero-order chi connectivity index (χ0) is 23.3. The molecule has 12 heteroatoms. The summed E-state index contributed by atoms with van der Waals surface area (Å²) in [6, 6.07) is 3.69. The third-order valence-electron chi connectivity index (χ3n) is 4.36. The van der Waals surface area contributed by atoms with Crippen LogP contribution >= 0.6 is 12.6 Å². The molecule has 0 aliphatic carbocycles. The van der Waals surface area contributed by atoms with Gasteiger partial charge in [0, 0.05) is 25.0 Å². The van der Waals surface area contributed by atoms with Gasteiger partial charge in [-0.2, -0.15) is 18.4 Å². The fourth-order valence-electron chi connectivity index (χ4n) is 2.62. The van der Waals surface area contributed by atoms with Crippen molar-refractivity contribution in [3.8, 4) is 11.8 Å². The highest BCUT2D eigenvalue weighted by Gasteiger charge is 2.29. The highest BCUT2D eigenvalue weighted by atomic mass is 32.1. The number of nitrogens with one attached hydrogen (secondary N) is 2. The quantitative estimate of drug-likeness (QED) is 0.359. The molecule has 0 aliphatic rings. The van der Waals surface area contributed by atoms with Crippen molar-refractivity contribution in [1.82, 2.24) is 9.88 Å². The molecule has 0 saturated carbocycles. The largest absolute Gasteiger partial charge is 0.488 e. The Balaban J connectivity index is 2.11. The summed E-state index contributed by atoms with van der Waals surface area (Å²) in [6.07, 6.45) is -2.86. The summed E-state index contributed by atoms with van der Waals surface area (Å²) < 4.78 is 57.6. The van der Waals surface area contributed by atoms with Gasteiger partial charge in [0.25, 0.3) is 5.91 Å². The van der Waals surface area contributed by atoms with Gasteiger partial charge in [0.1, 0.15) is 18.5 Å². The lowest BCUT2D eigenvalue weighted by molar-refractivity contribution is -0.126. The number of carbonyl (C=O) groups excluding carboxylic acids is 1. The summed E-state index contributed by atoms with van der Waals surface area (Å²) in [4.78, 5) is 13.1. The smallest absolute Gasteiger partial charge is 0.401 e. The van der Waals surface area contributed by atoms with Crippen LogP contribution in [0.3, 0.4) is 0 Å². The second-order valence-electron chi connectivity index (χ2n) is 6.82. The number of nitriles is 1. The second kappa shape index (κ2) is 10.0. The van der Waals surface area contributed by atoms with Crippen LogP contribution in [0, 0.1) is 17.1 Å². The van der Waals surface area contributed by atoms with E-state index >= 15 is 0 Å². The molecule has 2 atom stereocenters. The van der Waals surface area contributed by atoms with Crippen molar-refractivity contribution in [1.29, 1.82) is 5.26 Å². The number of rotatable bonds is 8. The van der Waals surface area contributed by atoms with Crippen molar-refractivity contribution >= 4 is 24.2 Å². The third kappa shape index (κ3) is 6.61. The van der Waals surface area contributed by atoms with Gasteiger partial charge in [0.15, 0.2) is 11.4 Å². The molecule has 0 aliphatic heterocycles. The SMILES string of the molecule is CC(NCC(F)(F)F)C(N)COc1c(S)cn(C)c1C(=O)Nc1ccc(F)c(C#N)c1. The topological polar surface area (TPSA) is 105 Å². The van der Waals surface area contributed by atoms with Crippen molar-refractivity contribution < 1.29 is 27.1 Å². The van der Waals surface area contributed by atoms with E-state index in [0.29, 0.717) is 4.90 Å². The molecule has 31 heavy (non-hydrogen) atoms. The van der Waals surface area contributed by atoms with E-state index in [1.165, 1.54) is 29.8 Å². The van der Waals surface area contributed by atoms with Crippen LogP contribution in [0.4, 0.5) is 23.2 Å². The number of thiol groups is 1. The number of benzene rings is 1. The molecule has 0 fully saturated rings. The minimum Gasteiger partial charge on any atom is -0.488 e. The maximum Gasteiger partial charge on any atom is 0.401 e. The zero-order valence-corrected chi connectivity index (χ0v) is 17.5. The fraction of sp³-hybridized carbons (Fsp3) is 0.368. The highest BCUT2D eigenvalue weighted by Crippen LogP contribution is 2.30. The number of alkyl halides is 3. The van der Waals surface area contributed by atoms with Gasteiger partial charge in [0.2, 0.25) is 0 Å². The molecule has 2 rings (SSSR count). The summed E-state index contributed by atoms with van der Waals surface area (Å²) in [7, 11) is 1.57. The van der Waals surface area contributed by atoms with Gasteiger partial charge in [0.05, 0.1) is 23.0 Å². The van der Waals surface area contributed by atoms with E-state index < -0.39 is 36.5 Å². The molecule has 1 aromatic heterocycles. The summed E-state index contributed by atoms with van der Waals surface area (Å²) in [5.41, 5.74) is 5.92. The number of halogens is 4. The highest BCUT2D eigenvalue weighted by molar-refractivity contribution is 7.80. The molecular weight excluding hydrogens is 438 g/mol. The molecule has 0 radical (unpaired) electrons. The number of aryl methyl sites for hydroxylation is 1. The van der Waals surface area contributed by atoms with Crippen LogP contribution in [0.25, 0.3) is 0 Å². The molecule has 0 bridgehead atoms. The molecule has 2 unspecified atom stereocenters. The second-order valence-corrected chi connectivity index (χ2v) is 7.30. The Morgan fingerprint density at radius 2 is 2.10 bits per heavy atom. The maximum absolute atomic E-state index is 13.5. The summed E-state index contributed by atoms with van der Waals surface area (Å²) in [5, 5.41) is 13.7. The summed E-state index contributed by atoms with van der Waals surface area (Å²) >= 11 is 4.26. The van der Waals surface area contributed by atoms with Crippen LogP contribution in [0.1, 0.15) is 23.0 Å². The van der Waals surface area contributed by atoms with E-state index in [9.17, 15) is 22.4 Å². The molecule has 7 nitrogen and oxygen atoms in total. The predicted molar refractivity (Wildman–Crippen MR) is 109 cm³/mol. The van der Waals surface area contributed by atoms with E-state index in [2.05, 4.69) is 23.3 Å². The molecule has 1 heterocycles. The minimum absolute atomic E-state index is 0.0657. The van der Waals surface area contributed by atoms with Gasteiger partial charge in [-0.1, -0.05) is 0 Å². The first-order valence-electron chi connectivity index (χ1n) is 9.00. The average Bonchev–Trinajstić information content (AvgIpc) is 2.97. The number of anilines is 1. The average molecular weight is 459 g/mol. The van der Waals surface area contributed by atoms with Crippen LogP contribution in [-0.4, -0.2) is 41.9 Å². The normalized spacial score (nSPS) is 13.4. The van der Waals surface area contributed by atoms with E-state index in [1.807, 2.05) is 0 Å². The molecular formula is C19H21F4N5O2S. The molecule has 0 spiro atoms. The number of hydrogen-bond donors (Lipinski definition) is 4. The van der Waals surface area contributed by atoms with Gasteiger partial charge < -0.3 is 25.7 Å². The van der Waals surface area contributed by atoms with Crippen LogP contribution in [0.2, 0.25) is 0 Å². The lowest BCUT2D eigenvalue weighted by atomic mass is 10.1. The minimum atomic E-state index is -4.37. The first kappa shape index (κ1) is 24.5. The molecule has 168 valence electrons. The van der Waals surface area contributed by atoms with Crippen LogP contribution in [0.5, 0.6) is 5.75 Å². The molecule has 2 aromatic rings. The van der Waals surface area contributed by atoms with E-state index in [4.69, 9.17) is 15.7 Å². The van der Waals surface area contributed by atoms with Crippen molar-refractivity contribution in [3.63, 3.8) is 0 Å². The zero-order valence-electron chi connectivity index (χ0n) is 16.6. The van der Waals surface area contributed by atoms with E-state index in [0.717, 1.165) is 6.07 Å².